The van der Waals surface area contributed by atoms with Gasteiger partial charge in [-0.1, -0.05) is 25.7 Å². The summed E-state index contributed by atoms with van der Waals surface area (Å²) in [7, 11) is 1.95. The highest BCUT2D eigenvalue weighted by atomic mass is 16.3. The minimum absolute atomic E-state index is 0.324. The Kier molecular flexibility index (Phi) is 3.41. The molecular formula is C12H20N2O. The summed E-state index contributed by atoms with van der Waals surface area (Å²) >= 11 is 0. The van der Waals surface area contributed by atoms with E-state index in [4.69, 9.17) is 0 Å². The van der Waals surface area contributed by atoms with Crippen molar-refractivity contribution in [1.82, 2.24) is 9.55 Å². The van der Waals surface area contributed by atoms with Crippen LogP contribution in [0.4, 0.5) is 0 Å². The van der Waals surface area contributed by atoms with Crippen LogP contribution in [0.25, 0.3) is 0 Å². The summed E-state index contributed by atoms with van der Waals surface area (Å²) in [5.41, 5.74) is 0.960. The van der Waals surface area contributed by atoms with E-state index in [9.17, 15) is 5.11 Å². The fourth-order valence-electron chi connectivity index (χ4n) is 2.52. The van der Waals surface area contributed by atoms with Gasteiger partial charge in [0, 0.05) is 7.05 Å². The maximum atomic E-state index is 10.3. The third kappa shape index (κ3) is 2.40. The molecule has 1 aromatic rings. The number of imidazole rings is 1. The first-order chi connectivity index (χ1) is 7.29. The van der Waals surface area contributed by atoms with Crippen LogP contribution >= 0.6 is 0 Å². The number of aromatic nitrogens is 2. The van der Waals surface area contributed by atoms with Crippen molar-refractivity contribution < 1.29 is 5.11 Å². The van der Waals surface area contributed by atoms with Gasteiger partial charge in [-0.05, 0) is 18.8 Å². The number of rotatable bonds is 2. The predicted octanol–water partition coefficient (Wildman–Crippen LogP) is 2.42. The summed E-state index contributed by atoms with van der Waals surface area (Å²) < 4.78 is 1.93. The highest BCUT2D eigenvalue weighted by Crippen LogP contribution is 2.32. The van der Waals surface area contributed by atoms with Gasteiger partial charge in [-0.2, -0.15) is 0 Å². The first kappa shape index (κ1) is 10.7. The lowest BCUT2D eigenvalue weighted by Gasteiger charge is -2.21. The molecule has 0 spiro atoms. The summed E-state index contributed by atoms with van der Waals surface area (Å²) in [5, 5.41) is 10.3. The van der Waals surface area contributed by atoms with Crippen LogP contribution in [0.1, 0.15) is 50.3 Å². The molecule has 15 heavy (non-hydrogen) atoms. The van der Waals surface area contributed by atoms with Crippen LogP contribution in [0.3, 0.4) is 0 Å². The molecule has 3 heteroatoms. The van der Waals surface area contributed by atoms with Crippen molar-refractivity contribution in [1.29, 1.82) is 0 Å². The Morgan fingerprint density at radius 2 is 2.00 bits per heavy atom. The Bertz CT molecular complexity index is 300. The largest absolute Gasteiger partial charge is 0.387 e. The second-order valence-electron chi connectivity index (χ2n) is 4.63. The fraction of sp³-hybridized carbons (Fsp3) is 0.750. The summed E-state index contributed by atoms with van der Waals surface area (Å²) in [6, 6.07) is 0. The number of nitrogens with zero attached hydrogens (tertiary/aromatic N) is 2. The van der Waals surface area contributed by atoms with Crippen LogP contribution in [0, 0.1) is 5.92 Å². The Morgan fingerprint density at radius 3 is 2.53 bits per heavy atom. The maximum Gasteiger partial charge on any atom is 0.0983 e. The molecule has 2 rings (SSSR count). The van der Waals surface area contributed by atoms with E-state index in [1.165, 1.54) is 25.7 Å². The molecule has 1 aliphatic carbocycles. The standard InChI is InChI=1S/C12H20N2O/c1-14-9-13-8-11(14)12(15)10-6-4-2-3-5-7-10/h8-10,12,15H,2-7H2,1H3. The molecule has 1 N–H and O–H groups in total. The van der Waals surface area contributed by atoms with Crippen LogP contribution in [-0.4, -0.2) is 14.7 Å². The van der Waals surface area contributed by atoms with Gasteiger partial charge in [-0.25, -0.2) is 4.98 Å². The zero-order valence-electron chi connectivity index (χ0n) is 9.39. The second-order valence-corrected chi connectivity index (χ2v) is 4.63. The van der Waals surface area contributed by atoms with E-state index in [-0.39, 0.29) is 6.10 Å². The molecule has 1 heterocycles. The van der Waals surface area contributed by atoms with Gasteiger partial charge >= 0.3 is 0 Å². The summed E-state index contributed by atoms with van der Waals surface area (Å²) in [6.45, 7) is 0. The number of aliphatic hydroxyl groups is 1. The third-order valence-electron chi connectivity index (χ3n) is 3.50. The predicted molar refractivity (Wildman–Crippen MR) is 59.4 cm³/mol. The quantitative estimate of drug-likeness (QED) is 0.758. The molecule has 1 saturated carbocycles. The van der Waals surface area contributed by atoms with Crippen LogP contribution < -0.4 is 0 Å². The first-order valence-corrected chi connectivity index (χ1v) is 5.93. The molecule has 0 amide bonds. The highest BCUT2D eigenvalue weighted by molar-refractivity contribution is 5.03. The molecular weight excluding hydrogens is 188 g/mol. The Morgan fingerprint density at radius 1 is 1.33 bits per heavy atom. The molecule has 1 aromatic heterocycles. The summed E-state index contributed by atoms with van der Waals surface area (Å²) in [4.78, 5) is 4.06. The van der Waals surface area contributed by atoms with Crippen molar-refractivity contribution in [2.24, 2.45) is 13.0 Å². The minimum atomic E-state index is -0.324. The van der Waals surface area contributed by atoms with Gasteiger partial charge in [0.2, 0.25) is 0 Å². The van der Waals surface area contributed by atoms with Gasteiger partial charge in [0.25, 0.3) is 0 Å². The summed E-state index contributed by atoms with van der Waals surface area (Å²) in [5.74, 6) is 0.433. The molecule has 3 nitrogen and oxygen atoms in total. The van der Waals surface area contributed by atoms with Crippen molar-refractivity contribution in [2.75, 3.05) is 0 Å². The average Bonchev–Trinajstić information content (AvgIpc) is 2.53. The highest BCUT2D eigenvalue weighted by Gasteiger charge is 2.23. The van der Waals surface area contributed by atoms with Gasteiger partial charge in [-0.3, -0.25) is 0 Å². The SMILES string of the molecule is Cn1cncc1C(O)C1CCCCCC1. The number of hydrogen-bond donors (Lipinski definition) is 1. The Hall–Kier alpha value is -0.830. The maximum absolute atomic E-state index is 10.3. The van der Waals surface area contributed by atoms with Crippen LogP contribution in [0.5, 0.6) is 0 Å². The molecule has 0 saturated heterocycles. The number of aryl methyl sites for hydroxylation is 1. The number of aliphatic hydroxyl groups excluding tert-OH is 1. The lowest BCUT2D eigenvalue weighted by Crippen LogP contribution is -2.14. The van der Waals surface area contributed by atoms with Gasteiger partial charge in [0.05, 0.1) is 24.3 Å². The first-order valence-electron chi connectivity index (χ1n) is 5.93. The third-order valence-corrected chi connectivity index (χ3v) is 3.50. The molecule has 0 aromatic carbocycles. The van der Waals surface area contributed by atoms with E-state index in [1.807, 2.05) is 11.6 Å². The van der Waals surface area contributed by atoms with Gasteiger partial charge in [0.1, 0.15) is 0 Å². The van der Waals surface area contributed by atoms with Crippen molar-refractivity contribution in [2.45, 2.75) is 44.6 Å². The van der Waals surface area contributed by atoms with Crippen molar-refractivity contribution in [3.8, 4) is 0 Å². The molecule has 1 aliphatic rings. The lowest BCUT2D eigenvalue weighted by molar-refractivity contribution is 0.0921. The van der Waals surface area contributed by atoms with Crippen molar-refractivity contribution >= 4 is 0 Å². The van der Waals surface area contributed by atoms with E-state index in [2.05, 4.69) is 4.98 Å². The molecule has 0 radical (unpaired) electrons. The van der Waals surface area contributed by atoms with E-state index >= 15 is 0 Å². The Labute approximate surface area is 91.1 Å². The van der Waals surface area contributed by atoms with Crippen molar-refractivity contribution in [3.63, 3.8) is 0 Å². The normalized spacial score (nSPS) is 21.2. The molecule has 1 atom stereocenters. The van der Waals surface area contributed by atoms with E-state index < -0.39 is 0 Å². The zero-order valence-corrected chi connectivity index (χ0v) is 9.39. The van der Waals surface area contributed by atoms with Crippen LogP contribution in [-0.2, 0) is 7.05 Å². The molecule has 1 unspecified atom stereocenters. The topological polar surface area (TPSA) is 38.0 Å². The summed E-state index contributed by atoms with van der Waals surface area (Å²) in [6.07, 6.45) is 10.7. The molecule has 1 fully saturated rings. The van der Waals surface area contributed by atoms with Crippen LogP contribution in [0.15, 0.2) is 12.5 Å². The monoisotopic (exact) mass is 208 g/mol. The lowest BCUT2D eigenvalue weighted by atomic mass is 9.92. The van der Waals surface area contributed by atoms with Crippen molar-refractivity contribution in [3.05, 3.63) is 18.2 Å². The van der Waals surface area contributed by atoms with E-state index in [1.54, 1.807) is 12.5 Å². The molecule has 0 bridgehead atoms. The van der Waals surface area contributed by atoms with Crippen LogP contribution in [0.2, 0.25) is 0 Å². The molecule has 0 aliphatic heterocycles. The van der Waals surface area contributed by atoms with Gasteiger partial charge in [-0.15, -0.1) is 0 Å². The zero-order chi connectivity index (χ0) is 10.7. The van der Waals surface area contributed by atoms with Gasteiger partial charge in [0.15, 0.2) is 0 Å². The molecule has 84 valence electrons. The Balaban J connectivity index is 2.06. The average molecular weight is 208 g/mol. The van der Waals surface area contributed by atoms with E-state index in [0.717, 1.165) is 18.5 Å². The fourth-order valence-corrected chi connectivity index (χ4v) is 2.52. The van der Waals surface area contributed by atoms with E-state index in [0.29, 0.717) is 5.92 Å². The second kappa shape index (κ2) is 4.79. The van der Waals surface area contributed by atoms with Gasteiger partial charge < -0.3 is 9.67 Å². The smallest absolute Gasteiger partial charge is 0.0983 e. The minimum Gasteiger partial charge on any atom is -0.387 e. The number of hydrogen-bond acceptors (Lipinski definition) is 2.